The van der Waals surface area contributed by atoms with Crippen molar-refractivity contribution in [1.82, 2.24) is 0 Å². The van der Waals surface area contributed by atoms with Crippen LogP contribution < -0.4 is 11.1 Å². The fraction of sp³-hybridized carbons (Fsp3) is 0.200. The Labute approximate surface area is 102 Å². The maximum absolute atomic E-state index is 5.83. The van der Waals surface area contributed by atoms with E-state index in [-0.39, 0.29) is 6.04 Å². The van der Waals surface area contributed by atoms with Gasteiger partial charge in [-0.2, -0.15) is 0 Å². The van der Waals surface area contributed by atoms with Crippen LogP contribution in [0.1, 0.15) is 24.1 Å². The Bertz CT molecular complexity index is 471. The Morgan fingerprint density at radius 3 is 2.41 bits per heavy atom. The van der Waals surface area contributed by atoms with Crippen molar-refractivity contribution in [2.24, 2.45) is 0 Å². The number of hydrogen-bond donors (Lipinski definition) is 2. The summed E-state index contributed by atoms with van der Waals surface area (Å²) < 4.78 is 0. The van der Waals surface area contributed by atoms with E-state index < -0.39 is 0 Å². The van der Waals surface area contributed by atoms with Gasteiger partial charge in [-0.1, -0.05) is 30.3 Å². The highest BCUT2D eigenvalue weighted by Crippen LogP contribution is 2.22. The second kappa shape index (κ2) is 4.91. The SMILES string of the molecule is Cc1cc(N)cc(NC(C)c2ccccc2)c1. The molecule has 0 spiro atoms. The number of rotatable bonds is 3. The highest BCUT2D eigenvalue weighted by molar-refractivity contribution is 5.57. The lowest BCUT2D eigenvalue weighted by Crippen LogP contribution is -2.06. The molecule has 1 atom stereocenters. The minimum absolute atomic E-state index is 0.275. The number of hydrogen-bond acceptors (Lipinski definition) is 2. The van der Waals surface area contributed by atoms with E-state index >= 15 is 0 Å². The molecule has 1 unspecified atom stereocenters. The van der Waals surface area contributed by atoms with Gasteiger partial charge < -0.3 is 11.1 Å². The molecule has 2 heteroatoms. The first-order valence-electron chi connectivity index (χ1n) is 5.84. The molecule has 0 aliphatic carbocycles. The summed E-state index contributed by atoms with van der Waals surface area (Å²) in [7, 11) is 0. The fourth-order valence-corrected chi connectivity index (χ4v) is 1.97. The van der Waals surface area contributed by atoms with E-state index in [9.17, 15) is 0 Å². The molecule has 0 heterocycles. The normalized spacial score (nSPS) is 12.1. The maximum Gasteiger partial charge on any atom is 0.0485 e. The molecule has 2 aromatic carbocycles. The predicted octanol–water partition coefficient (Wildman–Crippen LogP) is 3.75. The van der Waals surface area contributed by atoms with Gasteiger partial charge in [0, 0.05) is 17.4 Å². The van der Waals surface area contributed by atoms with E-state index in [1.165, 1.54) is 11.1 Å². The molecule has 0 saturated heterocycles. The van der Waals surface area contributed by atoms with Gasteiger partial charge >= 0.3 is 0 Å². The molecule has 88 valence electrons. The molecule has 0 aliphatic rings. The van der Waals surface area contributed by atoms with E-state index in [1.54, 1.807) is 0 Å². The molecule has 0 amide bonds. The lowest BCUT2D eigenvalue weighted by Gasteiger charge is -2.16. The molecule has 17 heavy (non-hydrogen) atoms. The molecule has 0 bridgehead atoms. The number of aryl methyl sites for hydroxylation is 1. The topological polar surface area (TPSA) is 38.0 Å². The molecular formula is C15H18N2. The zero-order valence-corrected chi connectivity index (χ0v) is 10.3. The van der Waals surface area contributed by atoms with E-state index in [1.807, 2.05) is 18.2 Å². The smallest absolute Gasteiger partial charge is 0.0485 e. The van der Waals surface area contributed by atoms with Crippen molar-refractivity contribution in [2.45, 2.75) is 19.9 Å². The van der Waals surface area contributed by atoms with Crippen molar-refractivity contribution in [3.05, 3.63) is 59.7 Å². The molecule has 0 aromatic heterocycles. The summed E-state index contributed by atoms with van der Waals surface area (Å²) in [5, 5.41) is 3.46. The van der Waals surface area contributed by atoms with Crippen molar-refractivity contribution in [3.63, 3.8) is 0 Å². The molecular weight excluding hydrogens is 208 g/mol. The minimum atomic E-state index is 0.275. The molecule has 2 rings (SSSR count). The summed E-state index contributed by atoms with van der Waals surface area (Å²) in [5.41, 5.74) is 10.1. The van der Waals surface area contributed by atoms with Crippen LogP contribution in [0.25, 0.3) is 0 Å². The number of nitrogen functional groups attached to an aromatic ring is 1. The molecule has 2 aromatic rings. The predicted molar refractivity (Wildman–Crippen MR) is 74.1 cm³/mol. The van der Waals surface area contributed by atoms with E-state index in [2.05, 4.69) is 49.5 Å². The number of anilines is 2. The fourth-order valence-electron chi connectivity index (χ4n) is 1.97. The lowest BCUT2D eigenvalue weighted by atomic mass is 10.1. The Hall–Kier alpha value is -1.96. The number of nitrogens with one attached hydrogen (secondary N) is 1. The monoisotopic (exact) mass is 226 g/mol. The summed E-state index contributed by atoms with van der Waals surface area (Å²) in [6, 6.07) is 16.7. The van der Waals surface area contributed by atoms with Gasteiger partial charge in [0.1, 0.15) is 0 Å². The number of nitrogens with two attached hydrogens (primary N) is 1. The van der Waals surface area contributed by atoms with Gasteiger partial charge in [0.05, 0.1) is 0 Å². The minimum Gasteiger partial charge on any atom is -0.399 e. The first kappa shape index (κ1) is 11.5. The average Bonchev–Trinajstić information content (AvgIpc) is 2.28. The van der Waals surface area contributed by atoms with E-state index in [0.29, 0.717) is 0 Å². The highest BCUT2D eigenvalue weighted by Gasteiger charge is 2.04. The third-order valence-electron chi connectivity index (χ3n) is 2.78. The standard InChI is InChI=1S/C15H18N2/c1-11-8-14(16)10-15(9-11)17-12(2)13-6-4-3-5-7-13/h3-10,12,17H,16H2,1-2H3. The Balaban J connectivity index is 2.16. The van der Waals surface area contributed by atoms with E-state index in [0.717, 1.165) is 11.4 Å². The van der Waals surface area contributed by atoms with Crippen LogP contribution in [0, 0.1) is 6.92 Å². The summed E-state index contributed by atoms with van der Waals surface area (Å²) in [5.74, 6) is 0. The van der Waals surface area contributed by atoms with Crippen molar-refractivity contribution >= 4 is 11.4 Å². The highest BCUT2D eigenvalue weighted by atomic mass is 14.9. The summed E-state index contributed by atoms with van der Waals surface area (Å²) in [6.45, 7) is 4.20. The van der Waals surface area contributed by atoms with Crippen molar-refractivity contribution in [1.29, 1.82) is 0 Å². The first-order valence-corrected chi connectivity index (χ1v) is 5.84. The quantitative estimate of drug-likeness (QED) is 0.782. The van der Waals surface area contributed by atoms with Crippen molar-refractivity contribution < 1.29 is 0 Å². The second-order valence-corrected chi connectivity index (χ2v) is 4.41. The van der Waals surface area contributed by atoms with Crippen LogP contribution in [0.15, 0.2) is 48.5 Å². The van der Waals surface area contributed by atoms with Crippen LogP contribution in [0.2, 0.25) is 0 Å². The molecule has 2 nitrogen and oxygen atoms in total. The lowest BCUT2D eigenvalue weighted by molar-refractivity contribution is 0.885. The van der Waals surface area contributed by atoms with Gasteiger partial charge in [-0.05, 0) is 43.2 Å². The molecule has 3 N–H and O–H groups in total. The van der Waals surface area contributed by atoms with Gasteiger partial charge in [-0.15, -0.1) is 0 Å². The van der Waals surface area contributed by atoms with Gasteiger partial charge in [-0.3, -0.25) is 0 Å². The van der Waals surface area contributed by atoms with Crippen molar-refractivity contribution in [2.75, 3.05) is 11.1 Å². The first-order chi connectivity index (χ1) is 8.15. The zero-order chi connectivity index (χ0) is 12.3. The Kier molecular flexibility index (Phi) is 3.33. The van der Waals surface area contributed by atoms with Crippen LogP contribution in [-0.2, 0) is 0 Å². The molecule has 0 saturated carbocycles. The van der Waals surface area contributed by atoms with Crippen LogP contribution in [0.4, 0.5) is 11.4 Å². The Morgan fingerprint density at radius 2 is 1.76 bits per heavy atom. The van der Waals surface area contributed by atoms with Crippen LogP contribution in [0.3, 0.4) is 0 Å². The molecule has 0 fully saturated rings. The van der Waals surface area contributed by atoms with Crippen LogP contribution >= 0.6 is 0 Å². The van der Waals surface area contributed by atoms with Crippen LogP contribution in [0.5, 0.6) is 0 Å². The summed E-state index contributed by atoms with van der Waals surface area (Å²) in [4.78, 5) is 0. The van der Waals surface area contributed by atoms with Crippen LogP contribution in [-0.4, -0.2) is 0 Å². The van der Waals surface area contributed by atoms with E-state index in [4.69, 9.17) is 5.73 Å². The summed E-state index contributed by atoms with van der Waals surface area (Å²) >= 11 is 0. The number of benzene rings is 2. The molecule has 0 radical (unpaired) electrons. The zero-order valence-electron chi connectivity index (χ0n) is 10.3. The Morgan fingerprint density at radius 1 is 1.06 bits per heavy atom. The maximum atomic E-state index is 5.83. The molecule has 0 aliphatic heterocycles. The van der Waals surface area contributed by atoms with Crippen molar-refractivity contribution in [3.8, 4) is 0 Å². The third-order valence-corrected chi connectivity index (χ3v) is 2.78. The second-order valence-electron chi connectivity index (χ2n) is 4.41. The summed E-state index contributed by atoms with van der Waals surface area (Å²) in [6.07, 6.45) is 0. The van der Waals surface area contributed by atoms with Gasteiger partial charge in [0.2, 0.25) is 0 Å². The van der Waals surface area contributed by atoms with Gasteiger partial charge in [-0.25, -0.2) is 0 Å². The average molecular weight is 226 g/mol. The largest absolute Gasteiger partial charge is 0.399 e. The third kappa shape index (κ3) is 3.00. The van der Waals surface area contributed by atoms with Gasteiger partial charge in [0.25, 0.3) is 0 Å². The van der Waals surface area contributed by atoms with Gasteiger partial charge in [0.15, 0.2) is 0 Å².